The highest BCUT2D eigenvalue weighted by atomic mass is 14.7. The first-order valence-electron chi connectivity index (χ1n) is 5.04. The van der Waals surface area contributed by atoms with Gasteiger partial charge in [0.05, 0.1) is 0 Å². The molecule has 0 N–H and O–H groups in total. The van der Waals surface area contributed by atoms with E-state index in [0.717, 1.165) is 5.92 Å². The first kappa shape index (κ1) is 8.74. The molecule has 0 saturated heterocycles. The minimum Gasteiger partial charge on any atom is -0.261 e. The molecule has 0 radical (unpaired) electrons. The Kier molecular flexibility index (Phi) is 1.90. The Morgan fingerprint density at radius 2 is 2.00 bits per heavy atom. The molecule has 1 aromatic rings. The van der Waals surface area contributed by atoms with E-state index in [1.165, 1.54) is 24.1 Å². The molecule has 0 aliphatic heterocycles. The van der Waals surface area contributed by atoms with Crippen LogP contribution in [0.25, 0.3) is 0 Å². The molecule has 0 bridgehead atoms. The second-order valence-electron chi connectivity index (χ2n) is 5.00. The lowest BCUT2D eigenvalue weighted by Crippen LogP contribution is -2.13. The van der Waals surface area contributed by atoms with E-state index in [1.54, 1.807) is 0 Å². The maximum absolute atomic E-state index is 4.42. The van der Waals surface area contributed by atoms with Gasteiger partial charge in [0.25, 0.3) is 0 Å². The molecule has 0 aromatic carbocycles. The third-order valence-corrected chi connectivity index (χ3v) is 2.60. The Morgan fingerprint density at radius 1 is 1.31 bits per heavy atom. The van der Waals surface area contributed by atoms with Crippen molar-refractivity contribution in [3.8, 4) is 0 Å². The third-order valence-electron chi connectivity index (χ3n) is 2.60. The Balaban J connectivity index is 2.32. The van der Waals surface area contributed by atoms with E-state index in [0.29, 0.717) is 0 Å². The number of rotatable bonds is 1. The highest BCUT2D eigenvalue weighted by Gasteiger charge is 2.25. The van der Waals surface area contributed by atoms with Crippen LogP contribution in [0.3, 0.4) is 0 Å². The predicted molar refractivity (Wildman–Crippen MR) is 54.9 cm³/mol. The molecule has 1 nitrogen and oxygen atoms in total. The zero-order valence-electron chi connectivity index (χ0n) is 8.67. The number of nitrogens with zero attached hydrogens (tertiary/aromatic N) is 1. The second kappa shape index (κ2) is 2.83. The summed E-state index contributed by atoms with van der Waals surface area (Å²) in [5.41, 5.74) is 2.89. The highest BCUT2D eigenvalue weighted by Crippen LogP contribution is 2.40. The van der Waals surface area contributed by atoms with Crippen molar-refractivity contribution >= 4 is 0 Å². The Bertz CT molecular complexity index is 305. The zero-order valence-corrected chi connectivity index (χ0v) is 8.67. The molecule has 1 fully saturated rings. The summed E-state index contributed by atoms with van der Waals surface area (Å²) < 4.78 is 0. The minimum atomic E-state index is 0.185. The largest absolute Gasteiger partial charge is 0.261 e. The fourth-order valence-corrected chi connectivity index (χ4v) is 1.53. The number of pyridine rings is 1. The Morgan fingerprint density at radius 3 is 2.54 bits per heavy atom. The zero-order chi connectivity index (χ0) is 9.47. The Hall–Kier alpha value is -0.850. The van der Waals surface area contributed by atoms with E-state index >= 15 is 0 Å². The van der Waals surface area contributed by atoms with Crippen molar-refractivity contribution in [1.29, 1.82) is 0 Å². The van der Waals surface area contributed by atoms with Crippen LogP contribution in [0.4, 0.5) is 0 Å². The molecule has 1 saturated carbocycles. The van der Waals surface area contributed by atoms with Crippen molar-refractivity contribution in [2.24, 2.45) is 0 Å². The third kappa shape index (κ3) is 1.90. The molecule has 0 atom stereocenters. The van der Waals surface area contributed by atoms with Gasteiger partial charge in [-0.3, -0.25) is 4.98 Å². The maximum Gasteiger partial charge on any atom is 0.0459 e. The van der Waals surface area contributed by atoms with Crippen LogP contribution in [-0.4, -0.2) is 4.98 Å². The molecule has 2 rings (SSSR count). The fraction of sp³-hybridized carbons (Fsp3) is 0.583. The van der Waals surface area contributed by atoms with Gasteiger partial charge in [-0.05, 0) is 36.5 Å². The van der Waals surface area contributed by atoms with Crippen molar-refractivity contribution in [3.05, 3.63) is 29.6 Å². The van der Waals surface area contributed by atoms with E-state index in [4.69, 9.17) is 0 Å². The maximum atomic E-state index is 4.42. The van der Waals surface area contributed by atoms with Gasteiger partial charge in [0.2, 0.25) is 0 Å². The lowest BCUT2D eigenvalue weighted by Gasteiger charge is -2.18. The van der Waals surface area contributed by atoms with Crippen LogP contribution in [0.5, 0.6) is 0 Å². The molecule has 1 aliphatic rings. The summed E-state index contributed by atoms with van der Waals surface area (Å²) in [7, 11) is 0. The van der Waals surface area contributed by atoms with Crippen molar-refractivity contribution in [2.75, 3.05) is 0 Å². The van der Waals surface area contributed by atoms with Crippen LogP contribution < -0.4 is 0 Å². The monoisotopic (exact) mass is 175 g/mol. The van der Waals surface area contributed by atoms with Gasteiger partial charge < -0.3 is 0 Å². The summed E-state index contributed by atoms with van der Waals surface area (Å²) >= 11 is 0. The van der Waals surface area contributed by atoms with Gasteiger partial charge in [0.1, 0.15) is 0 Å². The van der Waals surface area contributed by atoms with E-state index in [1.807, 2.05) is 6.20 Å². The average Bonchev–Trinajstić information content (AvgIpc) is 2.85. The topological polar surface area (TPSA) is 12.9 Å². The van der Waals surface area contributed by atoms with Crippen LogP contribution in [0.15, 0.2) is 18.3 Å². The molecule has 1 aromatic heterocycles. The highest BCUT2D eigenvalue weighted by molar-refractivity contribution is 5.27. The first-order chi connectivity index (χ1) is 6.07. The first-order valence-corrected chi connectivity index (χ1v) is 5.04. The van der Waals surface area contributed by atoms with Gasteiger partial charge in [-0.1, -0.05) is 20.8 Å². The second-order valence-corrected chi connectivity index (χ2v) is 5.00. The Labute approximate surface area is 80.2 Å². The van der Waals surface area contributed by atoms with Crippen molar-refractivity contribution in [3.63, 3.8) is 0 Å². The molecule has 0 amide bonds. The van der Waals surface area contributed by atoms with Gasteiger partial charge in [-0.2, -0.15) is 0 Å². The van der Waals surface area contributed by atoms with E-state index in [9.17, 15) is 0 Å². The average molecular weight is 175 g/mol. The molecule has 1 aliphatic carbocycles. The van der Waals surface area contributed by atoms with Crippen LogP contribution in [0.2, 0.25) is 0 Å². The van der Waals surface area contributed by atoms with Crippen LogP contribution in [-0.2, 0) is 5.41 Å². The van der Waals surface area contributed by atoms with Gasteiger partial charge in [0.15, 0.2) is 0 Å². The van der Waals surface area contributed by atoms with Crippen LogP contribution >= 0.6 is 0 Å². The minimum absolute atomic E-state index is 0.185. The SMILES string of the molecule is CC(C)(C)c1cc(C2CC2)ccn1. The lowest BCUT2D eigenvalue weighted by molar-refractivity contribution is 0.568. The molecule has 70 valence electrons. The van der Waals surface area contributed by atoms with E-state index in [2.05, 4.69) is 37.9 Å². The predicted octanol–water partition coefficient (Wildman–Crippen LogP) is 3.26. The van der Waals surface area contributed by atoms with Crippen LogP contribution in [0, 0.1) is 0 Å². The fourth-order valence-electron chi connectivity index (χ4n) is 1.53. The number of hydrogen-bond acceptors (Lipinski definition) is 1. The van der Waals surface area contributed by atoms with Crippen molar-refractivity contribution in [2.45, 2.75) is 44.9 Å². The van der Waals surface area contributed by atoms with Crippen LogP contribution in [0.1, 0.15) is 50.8 Å². The summed E-state index contributed by atoms with van der Waals surface area (Å²) in [6, 6.07) is 4.44. The molecule has 0 unspecified atom stereocenters. The summed E-state index contributed by atoms with van der Waals surface area (Å²) in [6.45, 7) is 6.64. The van der Waals surface area contributed by atoms with Gasteiger partial charge >= 0.3 is 0 Å². The lowest BCUT2D eigenvalue weighted by atomic mass is 9.90. The van der Waals surface area contributed by atoms with E-state index < -0.39 is 0 Å². The molecule has 1 heterocycles. The van der Waals surface area contributed by atoms with Gasteiger partial charge in [-0.15, -0.1) is 0 Å². The quantitative estimate of drug-likeness (QED) is 0.638. The standard InChI is InChI=1S/C12H17N/c1-12(2,3)11-8-10(6-7-13-11)9-4-5-9/h6-9H,4-5H2,1-3H3. The molecule has 0 spiro atoms. The summed E-state index contributed by atoms with van der Waals surface area (Å²) in [5.74, 6) is 0.837. The molecule has 13 heavy (non-hydrogen) atoms. The molecule has 1 heteroatoms. The number of aromatic nitrogens is 1. The number of hydrogen-bond donors (Lipinski definition) is 0. The molecular formula is C12H17N. The van der Waals surface area contributed by atoms with E-state index in [-0.39, 0.29) is 5.41 Å². The van der Waals surface area contributed by atoms with Crippen molar-refractivity contribution in [1.82, 2.24) is 4.98 Å². The summed E-state index contributed by atoms with van der Waals surface area (Å²) in [6.07, 6.45) is 4.69. The van der Waals surface area contributed by atoms with Gasteiger partial charge in [0, 0.05) is 17.3 Å². The summed E-state index contributed by atoms with van der Waals surface area (Å²) in [4.78, 5) is 4.42. The normalized spacial score (nSPS) is 17.5. The summed E-state index contributed by atoms with van der Waals surface area (Å²) in [5, 5.41) is 0. The van der Waals surface area contributed by atoms with Crippen molar-refractivity contribution < 1.29 is 0 Å². The van der Waals surface area contributed by atoms with Gasteiger partial charge in [-0.25, -0.2) is 0 Å². The smallest absolute Gasteiger partial charge is 0.0459 e. The molecular weight excluding hydrogens is 158 g/mol.